The Morgan fingerprint density at radius 1 is 1.23 bits per heavy atom. The highest BCUT2D eigenvalue weighted by molar-refractivity contribution is 7.80. The van der Waals surface area contributed by atoms with Crippen molar-refractivity contribution in [2.45, 2.75) is 6.42 Å². The highest BCUT2D eigenvalue weighted by Gasteiger charge is 2.07. The Morgan fingerprint density at radius 3 is 2.64 bits per heavy atom. The third-order valence-corrected chi connectivity index (χ3v) is 3.84. The first-order valence-corrected chi connectivity index (χ1v) is 7.61. The summed E-state index contributed by atoms with van der Waals surface area (Å²) in [5, 5.41) is 16.6. The molecule has 0 aliphatic rings. The van der Waals surface area contributed by atoms with E-state index in [0.29, 0.717) is 39.5 Å². The molecular weight excluding hydrogens is 339 g/mol. The van der Waals surface area contributed by atoms with Crippen LogP contribution in [0, 0.1) is 11.3 Å². The number of halogens is 2. The normalized spacial score (nSPS) is 9.86. The van der Waals surface area contributed by atoms with E-state index in [2.05, 4.69) is 21.7 Å². The van der Waals surface area contributed by atoms with E-state index in [1.807, 2.05) is 0 Å². The van der Waals surface area contributed by atoms with Gasteiger partial charge in [0.05, 0.1) is 5.56 Å². The predicted molar refractivity (Wildman–Crippen MR) is 93.3 cm³/mol. The molecule has 0 amide bonds. The van der Waals surface area contributed by atoms with Gasteiger partial charge < -0.3 is 10.6 Å². The second-order valence-electron chi connectivity index (χ2n) is 4.34. The molecule has 0 spiro atoms. The molecule has 0 aliphatic carbocycles. The van der Waals surface area contributed by atoms with Crippen LogP contribution >= 0.6 is 35.4 Å². The molecule has 0 fully saturated rings. The van der Waals surface area contributed by atoms with Crippen molar-refractivity contribution in [2.24, 2.45) is 0 Å². The van der Waals surface area contributed by atoms with Crippen molar-refractivity contribution in [2.75, 3.05) is 11.9 Å². The molecular formula is C15H12Cl2N4S. The molecule has 0 saturated heterocycles. The number of rotatable bonds is 4. The van der Waals surface area contributed by atoms with Gasteiger partial charge in [-0.2, -0.15) is 5.26 Å². The van der Waals surface area contributed by atoms with Crippen molar-refractivity contribution in [3.63, 3.8) is 0 Å². The fourth-order valence-electron chi connectivity index (χ4n) is 1.82. The number of hydrogen-bond donors (Lipinski definition) is 2. The molecule has 1 aromatic carbocycles. The number of pyridine rings is 1. The predicted octanol–water partition coefficient (Wildman–Crippen LogP) is 3.79. The monoisotopic (exact) mass is 350 g/mol. The van der Waals surface area contributed by atoms with E-state index in [-0.39, 0.29) is 0 Å². The minimum Gasteiger partial charge on any atom is -0.362 e. The van der Waals surface area contributed by atoms with Crippen LogP contribution in [0.3, 0.4) is 0 Å². The number of nitrogens with zero attached hydrogens (tertiary/aromatic N) is 2. The van der Waals surface area contributed by atoms with Crippen molar-refractivity contribution >= 4 is 46.4 Å². The summed E-state index contributed by atoms with van der Waals surface area (Å²) in [4.78, 5) is 4.08. The summed E-state index contributed by atoms with van der Waals surface area (Å²) in [6.07, 6.45) is 2.23. The van der Waals surface area contributed by atoms with E-state index < -0.39 is 0 Å². The lowest BCUT2D eigenvalue weighted by Crippen LogP contribution is -2.30. The topological polar surface area (TPSA) is 60.7 Å². The largest absolute Gasteiger partial charge is 0.362 e. The van der Waals surface area contributed by atoms with Crippen LogP contribution in [-0.2, 0) is 6.42 Å². The van der Waals surface area contributed by atoms with Gasteiger partial charge in [0, 0.05) is 22.8 Å². The molecule has 2 N–H and O–H groups in total. The van der Waals surface area contributed by atoms with Gasteiger partial charge in [-0.25, -0.2) is 4.98 Å². The minimum absolute atomic E-state index is 0.387. The van der Waals surface area contributed by atoms with Crippen LogP contribution in [0.1, 0.15) is 11.1 Å². The second kappa shape index (κ2) is 7.95. The third-order valence-electron chi connectivity index (χ3n) is 2.88. The number of hydrogen-bond acceptors (Lipinski definition) is 3. The molecule has 2 aromatic rings. The van der Waals surface area contributed by atoms with Crippen molar-refractivity contribution in [1.82, 2.24) is 10.3 Å². The Bertz CT molecular complexity index is 707. The summed E-state index contributed by atoms with van der Waals surface area (Å²) in [6.45, 7) is 0.560. The number of nitriles is 1. The highest BCUT2D eigenvalue weighted by Crippen LogP contribution is 2.24. The summed E-state index contributed by atoms with van der Waals surface area (Å²) in [7, 11) is 0. The van der Waals surface area contributed by atoms with Crippen LogP contribution in [0.25, 0.3) is 0 Å². The summed E-state index contributed by atoms with van der Waals surface area (Å²) >= 11 is 17.4. The quantitative estimate of drug-likeness (QED) is 0.821. The average molecular weight is 351 g/mol. The summed E-state index contributed by atoms with van der Waals surface area (Å²) in [6, 6.07) is 10.8. The van der Waals surface area contributed by atoms with Crippen LogP contribution in [0.5, 0.6) is 0 Å². The van der Waals surface area contributed by atoms with E-state index in [1.54, 1.807) is 36.5 Å². The van der Waals surface area contributed by atoms with Crippen molar-refractivity contribution < 1.29 is 0 Å². The van der Waals surface area contributed by atoms with Gasteiger partial charge in [0.2, 0.25) is 0 Å². The smallest absolute Gasteiger partial charge is 0.171 e. The maximum atomic E-state index is 8.99. The molecule has 0 atom stereocenters. The fourth-order valence-corrected chi connectivity index (χ4v) is 2.60. The second-order valence-corrected chi connectivity index (χ2v) is 5.57. The standard InChI is InChI=1S/C15H12Cl2N4S/c16-12-4-1-5-13(17)11(12)6-8-20-15(22)21-14-10(9-18)3-2-7-19-14/h1-5,7H,6,8H2,(H2,19,20,21,22). The molecule has 0 aliphatic heterocycles. The molecule has 1 aromatic heterocycles. The maximum absolute atomic E-state index is 8.99. The Kier molecular flexibility index (Phi) is 5.96. The van der Waals surface area contributed by atoms with Gasteiger partial charge in [-0.05, 0) is 48.5 Å². The van der Waals surface area contributed by atoms with Crippen molar-refractivity contribution in [3.05, 3.63) is 57.7 Å². The Hall–Kier alpha value is -1.87. The molecule has 0 unspecified atom stereocenters. The summed E-state index contributed by atoms with van der Waals surface area (Å²) < 4.78 is 0. The first-order valence-electron chi connectivity index (χ1n) is 6.44. The number of thiocarbonyl (C=S) groups is 1. The van der Waals surface area contributed by atoms with Crippen LogP contribution < -0.4 is 10.6 Å². The van der Waals surface area contributed by atoms with Gasteiger partial charge in [-0.1, -0.05) is 29.3 Å². The molecule has 0 saturated carbocycles. The lowest BCUT2D eigenvalue weighted by molar-refractivity contribution is 0.873. The van der Waals surface area contributed by atoms with E-state index >= 15 is 0 Å². The number of anilines is 1. The first kappa shape index (κ1) is 16.5. The minimum atomic E-state index is 0.387. The zero-order chi connectivity index (χ0) is 15.9. The highest BCUT2D eigenvalue weighted by atomic mass is 35.5. The molecule has 7 heteroatoms. The number of nitrogens with one attached hydrogen (secondary N) is 2. The molecule has 0 bridgehead atoms. The fraction of sp³-hybridized carbons (Fsp3) is 0.133. The van der Waals surface area contributed by atoms with Crippen LogP contribution in [-0.4, -0.2) is 16.6 Å². The Balaban J connectivity index is 1.90. The van der Waals surface area contributed by atoms with Crippen LogP contribution in [0.4, 0.5) is 5.82 Å². The van der Waals surface area contributed by atoms with E-state index in [1.165, 1.54) is 0 Å². The van der Waals surface area contributed by atoms with E-state index in [0.717, 1.165) is 5.56 Å². The Labute approximate surface area is 144 Å². The number of benzene rings is 1. The van der Waals surface area contributed by atoms with Crippen molar-refractivity contribution in [1.29, 1.82) is 5.26 Å². The zero-order valence-corrected chi connectivity index (χ0v) is 13.8. The molecule has 22 heavy (non-hydrogen) atoms. The van der Waals surface area contributed by atoms with Gasteiger partial charge in [0.25, 0.3) is 0 Å². The van der Waals surface area contributed by atoms with Gasteiger partial charge in [-0.3, -0.25) is 0 Å². The average Bonchev–Trinajstić information content (AvgIpc) is 2.51. The zero-order valence-electron chi connectivity index (χ0n) is 11.4. The van der Waals surface area contributed by atoms with Gasteiger partial charge in [0.15, 0.2) is 5.11 Å². The van der Waals surface area contributed by atoms with E-state index in [9.17, 15) is 0 Å². The van der Waals surface area contributed by atoms with Crippen LogP contribution in [0.15, 0.2) is 36.5 Å². The third kappa shape index (κ3) is 4.31. The molecule has 4 nitrogen and oxygen atoms in total. The SMILES string of the molecule is N#Cc1cccnc1NC(=S)NCCc1c(Cl)cccc1Cl. The van der Waals surface area contributed by atoms with Gasteiger partial charge in [-0.15, -0.1) is 0 Å². The lowest BCUT2D eigenvalue weighted by Gasteiger charge is -2.11. The maximum Gasteiger partial charge on any atom is 0.171 e. The molecule has 1 heterocycles. The van der Waals surface area contributed by atoms with E-state index in [4.69, 9.17) is 40.7 Å². The first-order chi connectivity index (χ1) is 10.6. The van der Waals surface area contributed by atoms with Crippen LogP contribution in [0.2, 0.25) is 10.0 Å². The molecule has 0 radical (unpaired) electrons. The van der Waals surface area contributed by atoms with Crippen molar-refractivity contribution in [3.8, 4) is 6.07 Å². The lowest BCUT2D eigenvalue weighted by atomic mass is 10.1. The van der Waals surface area contributed by atoms with Gasteiger partial charge in [0.1, 0.15) is 11.9 Å². The summed E-state index contributed by atoms with van der Waals surface area (Å²) in [5.74, 6) is 0.429. The number of aromatic nitrogens is 1. The molecule has 2 rings (SSSR count). The molecule has 112 valence electrons. The summed E-state index contributed by atoms with van der Waals surface area (Å²) in [5.41, 5.74) is 1.30. The van der Waals surface area contributed by atoms with Gasteiger partial charge >= 0.3 is 0 Å². The Morgan fingerprint density at radius 2 is 1.95 bits per heavy atom.